The van der Waals surface area contributed by atoms with Gasteiger partial charge in [-0.1, -0.05) is 12.1 Å². The molecule has 1 aliphatic carbocycles. The Morgan fingerprint density at radius 2 is 1.71 bits per heavy atom. The van der Waals surface area contributed by atoms with Gasteiger partial charge in [0.1, 0.15) is 0 Å². The highest BCUT2D eigenvalue weighted by Crippen LogP contribution is 2.34. The van der Waals surface area contributed by atoms with Crippen LogP contribution in [0.2, 0.25) is 0 Å². The van der Waals surface area contributed by atoms with Gasteiger partial charge in [0.15, 0.2) is 0 Å². The standard InChI is InChI=1S/C16H23N3O3S.ClH/c1-12-3-4-13(2)14(11-12)23(21,22)19-9-7-18(8-10-19)15(20)16(17)5-6-16;/h3-4,11H,5-10,17H2,1-2H3;1H. The van der Waals surface area contributed by atoms with Gasteiger partial charge in [-0.05, 0) is 43.9 Å². The maximum Gasteiger partial charge on any atom is 0.243 e. The number of halogens is 1. The Balaban J connectivity index is 0.00000208. The lowest BCUT2D eigenvalue weighted by molar-refractivity contribution is -0.134. The molecule has 0 atom stereocenters. The van der Waals surface area contributed by atoms with Gasteiger partial charge < -0.3 is 10.6 Å². The summed E-state index contributed by atoms with van der Waals surface area (Å²) in [5.74, 6) is -0.0405. The summed E-state index contributed by atoms with van der Waals surface area (Å²) in [6.07, 6.45) is 1.46. The summed E-state index contributed by atoms with van der Waals surface area (Å²) in [6.45, 7) is 5.13. The van der Waals surface area contributed by atoms with Crippen molar-refractivity contribution < 1.29 is 13.2 Å². The van der Waals surface area contributed by atoms with Gasteiger partial charge in [0.25, 0.3) is 0 Å². The van der Waals surface area contributed by atoms with Gasteiger partial charge in [0.05, 0.1) is 10.4 Å². The number of carbonyl (C=O) groups is 1. The second kappa shape index (κ2) is 6.63. The Labute approximate surface area is 149 Å². The van der Waals surface area contributed by atoms with Gasteiger partial charge in [-0.15, -0.1) is 12.4 Å². The lowest BCUT2D eigenvalue weighted by Gasteiger charge is -2.35. The van der Waals surface area contributed by atoms with Gasteiger partial charge in [-0.3, -0.25) is 4.79 Å². The summed E-state index contributed by atoms with van der Waals surface area (Å²) in [4.78, 5) is 14.3. The lowest BCUT2D eigenvalue weighted by atomic mass is 10.2. The van der Waals surface area contributed by atoms with E-state index in [1.807, 2.05) is 19.1 Å². The molecule has 2 N–H and O–H groups in total. The second-order valence-corrected chi connectivity index (χ2v) is 8.53. The molecule has 1 heterocycles. The minimum Gasteiger partial charge on any atom is -0.338 e. The zero-order valence-corrected chi connectivity index (χ0v) is 15.6. The fraction of sp³-hybridized carbons (Fsp3) is 0.562. The van der Waals surface area contributed by atoms with Crippen LogP contribution in [0.25, 0.3) is 0 Å². The summed E-state index contributed by atoms with van der Waals surface area (Å²) in [7, 11) is -3.52. The Morgan fingerprint density at radius 1 is 1.12 bits per heavy atom. The second-order valence-electron chi connectivity index (χ2n) is 6.62. The molecule has 24 heavy (non-hydrogen) atoms. The van der Waals surface area contributed by atoms with Crippen molar-refractivity contribution in [1.82, 2.24) is 9.21 Å². The summed E-state index contributed by atoms with van der Waals surface area (Å²) in [5, 5.41) is 0. The van der Waals surface area contributed by atoms with Crippen molar-refractivity contribution in [3.63, 3.8) is 0 Å². The number of aryl methyl sites for hydroxylation is 2. The van der Waals surface area contributed by atoms with Crippen LogP contribution in [0.5, 0.6) is 0 Å². The molecule has 0 aromatic heterocycles. The van der Waals surface area contributed by atoms with Crippen LogP contribution in [0.15, 0.2) is 23.1 Å². The van der Waals surface area contributed by atoms with Crippen LogP contribution in [0.3, 0.4) is 0 Å². The molecule has 0 radical (unpaired) electrons. The van der Waals surface area contributed by atoms with Crippen LogP contribution >= 0.6 is 12.4 Å². The Kier molecular flexibility index (Phi) is 5.30. The predicted octanol–water partition coefficient (Wildman–Crippen LogP) is 1.05. The molecule has 0 bridgehead atoms. The van der Waals surface area contributed by atoms with E-state index in [-0.39, 0.29) is 18.3 Å². The first-order valence-corrected chi connectivity index (χ1v) is 9.34. The summed E-state index contributed by atoms with van der Waals surface area (Å²) in [5.41, 5.74) is 6.92. The molecule has 1 amide bonds. The first-order chi connectivity index (χ1) is 10.7. The maximum atomic E-state index is 12.8. The largest absolute Gasteiger partial charge is 0.338 e. The van der Waals surface area contributed by atoms with E-state index < -0.39 is 15.6 Å². The van der Waals surface area contributed by atoms with Gasteiger partial charge in [-0.2, -0.15) is 4.31 Å². The first-order valence-electron chi connectivity index (χ1n) is 7.90. The molecule has 1 saturated carbocycles. The summed E-state index contributed by atoms with van der Waals surface area (Å²) in [6, 6.07) is 5.44. The van der Waals surface area contributed by atoms with Crippen molar-refractivity contribution in [1.29, 1.82) is 0 Å². The fourth-order valence-electron chi connectivity index (χ4n) is 2.92. The molecule has 1 aromatic carbocycles. The van der Waals surface area contributed by atoms with Crippen molar-refractivity contribution in [3.05, 3.63) is 29.3 Å². The van der Waals surface area contributed by atoms with E-state index in [0.29, 0.717) is 31.1 Å². The SMILES string of the molecule is Cc1ccc(C)c(S(=O)(=O)N2CCN(C(=O)C3(N)CC3)CC2)c1.Cl. The number of carbonyl (C=O) groups excluding carboxylic acids is 1. The Morgan fingerprint density at radius 3 is 2.25 bits per heavy atom. The van der Waals surface area contributed by atoms with Gasteiger partial charge in [0.2, 0.25) is 15.9 Å². The monoisotopic (exact) mass is 373 g/mol. The average Bonchev–Trinajstić information content (AvgIpc) is 3.28. The summed E-state index contributed by atoms with van der Waals surface area (Å²) < 4.78 is 27.2. The number of rotatable bonds is 3. The molecule has 0 unspecified atom stereocenters. The Hall–Kier alpha value is -1.15. The van der Waals surface area contributed by atoms with Crippen LogP contribution < -0.4 is 5.73 Å². The zero-order valence-electron chi connectivity index (χ0n) is 14.0. The lowest BCUT2D eigenvalue weighted by Crippen LogP contribution is -2.55. The Bertz CT molecular complexity index is 739. The van der Waals surface area contributed by atoms with Crippen molar-refractivity contribution in [2.75, 3.05) is 26.2 Å². The minimum atomic E-state index is -3.52. The van der Waals surface area contributed by atoms with E-state index in [9.17, 15) is 13.2 Å². The van der Waals surface area contributed by atoms with Gasteiger partial charge in [-0.25, -0.2) is 8.42 Å². The number of sulfonamides is 1. The third-order valence-electron chi connectivity index (χ3n) is 4.70. The number of hydrogen-bond donors (Lipinski definition) is 1. The highest BCUT2D eigenvalue weighted by atomic mass is 35.5. The van der Waals surface area contributed by atoms with Crippen LogP contribution in [0, 0.1) is 13.8 Å². The molecule has 1 aromatic rings. The van der Waals surface area contributed by atoms with E-state index in [1.165, 1.54) is 4.31 Å². The predicted molar refractivity (Wildman–Crippen MR) is 94.7 cm³/mol. The van der Waals surface area contributed by atoms with Crippen LogP contribution in [0.4, 0.5) is 0 Å². The number of nitrogens with zero attached hydrogens (tertiary/aromatic N) is 2. The van der Waals surface area contributed by atoms with Crippen LogP contribution in [0.1, 0.15) is 24.0 Å². The molecule has 2 fully saturated rings. The third kappa shape index (κ3) is 3.44. The summed E-state index contributed by atoms with van der Waals surface area (Å²) >= 11 is 0. The molecule has 1 aliphatic heterocycles. The third-order valence-corrected chi connectivity index (χ3v) is 6.74. The zero-order chi connectivity index (χ0) is 16.8. The van der Waals surface area contributed by atoms with Gasteiger partial charge in [0, 0.05) is 26.2 Å². The molecule has 6 nitrogen and oxygen atoms in total. The van der Waals surface area contributed by atoms with Crippen molar-refractivity contribution in [3.8, 4) is 0 Å². The molecule has 8 heteroatoms. The fourth-order valence-corrected chi connectivity index (χ4v) is 4.65. The van der Waals surface area contributed by atoms with E-state index in [4.69, 9.17) is 5.73 Å². The number of nitrogens with two attached hydrogens (primary N) is 1. The van der Waals surface area contributed by atoms with Crippen LogP contribution in [-0.2, 0) is 14.8 Å². The number of benzene rings is 1. The number of piperazine rings is 1. The van der Waals surface area contributed by atoms with Crippen molar-refractivity contribution in [2.24, 2.45) is 5.73 Å². The quantitative estimate of drug-likeness (QED) is 0.858. The van der Waals surface area contributed by atoms with E-state index in [2.05, 4.69) is 0 Å². The maximum absolute atomic E-state index is 12.8. The van der Waals surface area contributed by atoms with Crippen molar-refractivity contribution >= 4 is 28.3 Å². The molecule has 0 spiro atoms. The van der Waals surface area contributed by atoms with Crippen molar-refractivity contribution in [2.45, 2.75) is 37.1 Å². The highest BCUT2D eigenvalue weighted by molar-refractivity contribution is 7.89. The molecular formula is C16H24ClN3O3S. The van der Waals surface area contributed by atoms with Gasteiger partial charge >= 0.3 is 0 Å². The normalized spacial score (nSPS) is 20.4. The minimum absolute atomic E-state index is 0. The van der Waals surface area contributed by atoms with Crippen LogP contribution in [-0.4, -0.2) is 55.2 Å². The molecule has 1 saturated heterocycles. The molecular weight excluding hydrogens is 350 g/mol. The molecule has 134 valence electrons. The van der Waals surface area contributed by atoms with E-state index in [1.54, 1.807) is 17.9 Å². The topological polar surface area (TPSA) is 83.7 Å². The smallest absolute Gasteiger partial charge is 0.243 e. The average molecular weight is 374 g/mol. The molecule has 3 rings (SSSR count). The number of amides is 1. The molecule has 2 aliphatic rings. The number of hydrogen-bond acceptors (Lipinski definition) is 4. The van der Waals surface area contributed by atoms with E-state index in [0.717, 1.165) is 24.0 Å². The van der Waals surface area contributed by atoms with E-state index >= 15 is 0 Å². The first kappa shape index (κ1) is 19.2. The highest BCUT2D eigenvalue weighted by Gasteiger charge is 2.48.